The fraction of sp³-hybridized carbons (Fsp3) is 0.364. The van der Waals surface area contributed by atoms with Gasteiger partial charge in [-0.2, -0.15) is 0 Å². The van der Waals surface area contributed by atoms with Gasteiger partial charge in [0.1, 0.15) is 12.4 Å². The molecule has 2 aromatic carbocycles. The summed E-state index contributed by atoms with van der Waals surface area (Å²) in [7, 11) is 0. The number of esters is 1. The van der Waals surface area contributed by atoms with Crippen LogP contribution in [0.5, 0.6) is 5.75 Å². The van der Waals surface area contributed by atoms with E-state index in [9.17, 15) is 9.59 Å². The second-order valence-corrected chi connectivity index (χ2v) is 6.34. The number of rotatable bonds is 10. The van der Waals surface area contributed by atoms with E-state index in [2.05, 4.69) is 24.1 Å². The maximum Gasteiger partial charge on any atom is 0.338 e. The Labute approximate surface area is 166 Å². The first-order valence-electron chi connectivity index (χ1n) is 9.51. The maximum atomic E-state index is 12.1. The van der Waals surface area contributed by atoms with Crippen molar-refractivity contribution >= 4 is 17.6 Å². The molecule has 0 unspecified atom stereocenters. The molecule has 0 fully saturated rings. The highest BCUT2D eigenvalue weighted by Crippen LogP contribution is 2.16. The third kappa shape index (κ3) is 6.70. The van der Waals surface area contributed by atoms with Crippen LogP contribution in [0.15, 0.2) is 48.5 Å². The molecule has 0 atom stereocenters. The summed E-state index contributed by atoms with van der Waals surface area (Å²) in [5.74, 6) is 0.0474. The van der Waals surface area contributed by atoms with Crippen LogP contribution in [-0.2, 0) is 9.53 Å². The van der Waals surface area contributed by atoms with Crippen LogP contribution in [0.2, 0.25) is 0 Å². The van der Waals surface area contributed by atoms with Crippen molar-refractivity contribution in [3.63, 3.8) is 0 Å². The Kier molecular flexibility index (Phi) is 8.49. The molecule has 6 heteroatoms. The van der Waals surface area contributed by atoms with Crippen molar-refractivity contribution in [3.05, 3.63) is 59.7 Å². The minimum atomic E-state index is -0.368. The number of likely N-dealkylation sites (N-methyl/N-ethyl adjacent to an activating group) is 1. The lowest BCUT2D eigenvalue weighted by atomic mass is 10.2. The van der Waals surface area contributed by atoms with Crippen molar-refractivity contribution in [1.82, 2.24) is 4.90 Å². The molecule has 6 nitrogen and oxygen atoms in total. The monoisotopic (exact) mass is 384 g/mol. The second kappa shape index (κ2) is 11.1. The summed E-state index contributed by atoms with van der Waals surface area (Å²) in [4.78, 5) is 26.3. The van der Waals surface area contributed by atoms with E-state index in [0.717, 1.165) is 18.7 Å². The Hall–Kier alpha value is -2.86. The molecule has 0 aliphatic heterocycles. The Balaban J connectivity index is 1.79. The van der Waals surface area contributed by atoms with Gasteiger partial charge in [0.25, 0.3) is 5.91 Å². The lowest BCUT2D eigenvalue weighted by molar-refractivity contribution is -0.118. The van der Waals surface area contributed by atoms with Gasteiger partial charge in [0.05, 0.1) is 5.56 Å². The maximum absolute atomic E-state index is 12.1. The third-order valence-corrected chi connectivity index (χ3v) is 4.39. The highest BCUT2D eigenvalue weighted by atomic mass is 16.5. The van der Waals surface area contributed by atoms with Crippen LogP contribution in [0.25, 0.3) is 0 Å². The van der Waals surface area contributed by atoms with Crippen molar-refractivity contribution in [2.75, 3.05) is 38.2 Å². The molecule has 2 aromatic rings. The average molecular weight is 384 g/mol. The van der Waals surface area contributed by atoms with Gasteiger partial charge in [-0.3, -0.25) is 4.79 Å². The normalized spacial score (nSPS) is 10.6. The molecule has 1 amide bonds. The number of anilines is 1. The highest BCUT2D eigenvalue weighted by molar-refractivity contribution is 5.93. The number of benzene rings is 2. The van der Waals surface area contributed by atoms with Gasteiger partial charge < -0.3 is 19.7 Å². The fourth-order valence-corrected chi connectivity index (χ4v) is 2.64. The number of aryl methyl sites for hydroxylation is 1. The SMILES string of the molecule is CCN(CC)CCOC(=O)c1ccc(NC(=O)COc2ccccc2C)cc1. The zero-order chi connectivity index (χ0) is 20.4. The first-order valence-corrected chi connectivity index (χ1v) is 9.51. The summed E-state index contributed by atoms with van der Waals surface area (Å²) in [6, 6.07) is 14.1. The van der Waals surface area contributed by atoms with Crippen LogP contribution >= 0.6 is 0 Å². The van der Waals surface area contributed by atoms with Crippen LogP contribution in [0.3, 0.4) is 0 Å². The van der Waals surface area contributed by atoms with Gasteiger partial charge >= 0.3 is 5.97 Å². The first kappa shape index (κ1) is 21.4. The average Bonchev–Trinajstić information content (AvgIpc) is 2.71. The fourth-order valence-electron chi connectivity index (χ4n) is 2.64. The Morgan fingerprint density at radius 2 is 1.68 bits per heavy atom. The summed E-state index contributed by atoms with van der Waals surface area (Å²) in [5.41, 5.74) is 2.02. The molecule has 28 heavy (non-hydrogen) atoms. The van der Waals surface area contributed by atoms with Crippen LogP contribution in [0, 0.1) is 6.92 Å². The summed E-state index contributed by atoms with van der Waals surface area (Å²) in [6.45, 7) is 8.91. The lowest BCUT2D eigenvalue weighted by Gasteiger charge is -2.17. The summed E-state index contributed by atoms with van der Waals surface area (Å²) >= 11 is 0. The number of carbonyl (C=O) groups excluding carboxylic acids is 2. The lowest BCUT2D eigenvalue weighted by Crippen LogP contribution is -2.27. The minimum Gasteiger partial charge on any atom is -0.483 e. The molecule has 150 valence electrons. The van der Waals surface area contributed by atoms with Crippen LogP contribution in [-0.4, -0.2) is 49.6 Å². The van der Waals surface area contributed by atoms with Crippen LogP contribution in [0.1, 0.15) is 29.8 Å². The third-order valence-electron chi connectivity index (χ3n) is 4.39. The van der Waals surface area contributed by atoms with Gasteiger partial charge in [-0.05, 0) is 55.9 Å². The van der Waals surface area contributed by atoms with E-state index in [0.29, 0.717) is 30.2 Å². The molecule has 0 heterocycles. The first-order chi connectivity index (χ1) is 13.5. The molecular weight excluding hydrogens is 356 g/mol. The molecule has 1 N–H and O–H groups in total. The molecule has 0 aliphatic rings. The molecule has 0 saturated heterocycles. The molecule has 2 rings (SSSR count). The number of hydrogen-bond acceptors (Lipinski definition) is 5. The molecule has 0 bridgehead atoms. The van der Waals surface area contributed by atoms with E-state index < -0.39 is 0 Å². The van der Waals surface area contributed by atoms with Gasteiger partial charge in [0.15, 0.2) is 6.61 Å². The number of para-hydroxylation sites is 1. The van der Waals surface area contributed by atoms with E-state index in [1.807, 2.05) is 31.2 Å². The van der Waals surface area contributed by atoms with E-state index in [4.69, 9.17) is 9.47 Å². The van der Waals surface area contributed by atoms with Gasteiger partial charge in [0, 0.05) is 12.2 Å². The van der Waals surface area contributed by atoms with E-state index in [1.54, 1.807) is 24.3 Å². The number of carbonyl (C=O) groups is 2. The zero-order valence-corrected chi connectivity index (χ0v) is 16.7. The Morgan fingerprint density at radius 3 is 2.32 bits per heavy atom. The summed E-state index contributed by atoms with van der Waals surface area (Å²) in [6.07, 6.45) is 0. The quantitative estimate of drug-likeness (QED) is 0.635. The molecule has 0 saturated carbocycles. The van der Waals surface area contributed by atoms with Crippen molar-refractivity contribution in [1.29, 1.82) is 0 Å². The molecule has 0 aromatic heterocycles. The Morgan fingerprint density at radius 1 is 1.00 bits per heavy atom. The highest BCUT2D eigenvalue weighted by Gasteiger charge is 2.09. The predicted molar refractivity (Wildman–Crippen MR) is 110 cm³/mol. The largest absolute Gasteiger partial charge is 0.483 e. The molecule has 0 aliphatic carbocycles. The standard InChI is InChI=1S/C22H28N2O4/c1-4-24(5-2)14-15-27-22(26)18-10-12-19(13-11-18)23-21(25)16-28-20-9-7-6-8-17(20)3/h6-13H,4-5,14-16H2,1-3H3,(H,23,25). The van der Waals surface area contributed by atoms with E-state index in [-0.39, 0.29) is 18.5 Å². The summed E-state index contributed by atoms with van der Waals surface area (Å²) < 4.78 is 10.8. The van der Waals surface area contributed by atoms with Crippen LogP contribution in [0.4, 0.5) is 5.69 Å². The van der Waals surface area contributed by atoms with E-state index in [1.165, 1.54) is 0 Å². The van der Waals surface area contributed by atoms with Crippen molar-refractivity contribution in [2.24, 2.45) is 0 Å². The number of nitrogens with one attached hydrogen (secondary N) is 1. The van der Waals surface area contributed by atoms with Crippen molar-refractivity contribution in [3.8, 4) is 5.75 Å². The molecular formula is C22H28N2O4. The van der Waals surface area contributed by atoms with E-state index >= 15 is 0 Å². The predicted octanol–water partition coefficient (Wildman–Crippen LogP) is 3.51. The van der Waals surface area contributed by atoms with Gasteiger partial charge in [-0.15, -0.1) is 0 Å². The van der Waals surface area contributed by atoms with Crippen molar-refractivity contribution < 1.29 is 19.1 Å². The Bertz CT molecular complexity index is 770. The topological polar surface area (TPSA) is 67.9 Å². The van der Waals surface area contributed by atoms with Crippen molar-refractivity contribution in [2.45, 2.75) is 20.8 Å². The van der Waals surface area contributed by atoms with Gasteiger partial charge in [-0.25, -0.2) is 4.79 Å². The zero-order valence-electron chi connectivity index (χ0n) is 16.7. The molecule has 0 radical (unpaired) electrons. The van der Waals surface area contributed by atoms with Gasteiger partial charge in [-0.1, -0.05) is 32.0 Å². The summed E-state index contributed by atoms with van der Waals surface area (Å²) in [5, 5.41) is 2.75. The van der Waals surface area contributed by atoms with Gasteiger partial charge in [0.2, 0.25) is 0 Å². The minimum absolute atomic E-state index is 0.0833. The van der Waals surface area contributed by atoms with Crippen LogP contribution < -0.4 is 10.1 Å². The number of amides is 1. The smallest absolute Gasteiger partial charge is 0.338 e. The number of nitrogens with zero attached hydrogens (tertiary/aromatic N) is 1. The molecule has 0 spiro atoms. The second-order valence-electron chi connectivity index (χ2n) is 6.34. The number of hydrogen-bond donors (Lipinski definition) is 1. The number of ether oxygens (including phenoxy) is 2.